The normalized spacial score (nSPS) is 11.5. The summed E-state index contributed by atoms with van der Waals surface area (Å²) in [7, 11) is 0. The molecule has 2 aromatic carbocycles. The maximum atomic E-state index is 12.7. The van der Waals surface area contributed by atoms with E-state index in [1.54, 1.807) is 12.1 Å². The van der Waals surface area contributed by atoms with Crippen molar-refractivity contribution in [2.75, 3.05) is 5.73 Å². The largest absolute Gasteiger partial charge is 0.393 e. The number of nitrogen functional groups attached to an aromatic ring is 1. The number of hydrogen-bond acceptors (Lipinski definition) is 3. The van der Waals surface area contributed by atoms with Crippen LogP contribution in [0.1, 0.15) is 16.8 Å². The first-order valence-electron chi connectivity index (χ1n) is 8.01. The standard InChI is InChI=1S/C19H13Cl2F3N4/c1-10-2-4-12(5-3-10)16-15(9-25)27-28(18(16)26)17-13(20)6-11(7-14(17)21)8-19(22,23)24/h2-7H,8,26H2,1H3. The van der Waals surface area contributed by atoms with Crippen molar-refractivity contribution in [1.29, 1.82) is 5.26 Å². The van der Waals surface area contributed by atoms with Crippen LogP contribution in [-0.2, 0) is 6.42 Å². The predicted molar refractivity (Wildman–Crippen MR) is 103 cm³/mol. The molecule has 0 atom stereocenters. The number of nitrogens with two attached hydrogens (primary N) is 1. The molecule has 0 aliphatic heterocycles. The molecule has 0 radical (unpaired) electrons. The van der Waals surface area contributed by atoms with Crippen LogP contribution < -0.4 is 5.73 Å². The molecule has 3 rings (SSSR count). The Hall–Kier alpha value is -2.69. The fourth-order valence-corrected chi connectivity index (χ4v) is 3.53. The predicted octanol–water partition coefficient (Wildman–Crippen LogP) is 5.71. The molecular formula is C19H13Cl2F3N4. The van der Waals surface area contributed by atoms with Gasteiger partial charge in [-0.25, -0.2) is 4.68 Å². The fraction of sp³-hybridized carbons (Fsp3) is 0.158. The molecule has 4 nitrogen and oxygen atoms in total. The molecule has 0 saturated heterocycles. The smallest absolute Gasteiger partial charge is 0.383 e. The molecule has 2 N–H and O–H groups in total. The molecule has 144 valence electrons. The van der Waals surface area contributed by atoms with E-state index < -0.39 is 12.6 Å². The van der Waals surface area contributed by atoms with Gasteiger partial charge in [-0.15, -0.1) is 0 Å². The van der Waals surface area contributed by atoms with E-state index in [-0.39, 0.29) is 32.8 Å². The van der Waals surface area contributed by atoms with Gasteiger partial charge in [0, 0.05) is 0 Å². The zero-order valence-electron chi connectivity index (χ0n) is 14.5. The van der Waals surface area contributed by atoms with Crippen molar-refractivity contribution in [3.05, 3.63) is 63.3 Å². The van der Waals surface area contributed by atoms with Gasteiger partial charge in [-0.2, -0.15) is 23.5 Å². The summed E-state index contributed by atoms with van der Waals surface area (Å²) in [5, 5.41) is 13.5. The summed E-state index contributed by atoms with van der Waals surface area (Å²) in [5.41, 5.74) is 8.38. The first kappa shape index (κ1) is 20.1. The second-order valence-electron chi connectivity index (χ2n) is 6.20. The third-order valence-corrected chi connectivity index (χ3v) is 4.64. The number of hydrogen-bond donors (Lipinski definition) is 1. The Balaban J connectivity index is 2.15. The van der Waals surface area contributed by atoms with E-state index in [9.17, 15) is 18.4 Å². The SMILES string of the molecule is Cc1ccc(-c2c(C#N)nn(-c3c(Cl)cc(CC(F)(F)F)cc3Cl)c2N)cc1. The van der Waals surface area contributed by atoms with Crippen molar-refractivity contribution < 1.29 is 13.2 Å². The van der Waals surface area contributed by atoms with Crippen molar-refractivity contribution >= 4 is 29.0 Å². The van der Waals surface area contributed by atoms with Crippen molar-refractivity contribution in [3.63, 3.8) is 0 Å². The quantitative estimate of drug-likeness (QED) is 0.584. The van der Waals surface area contributed by atoms with Gasteiger partial charge in [0.1, 0.15) is 17.6 Å². The van der Waals surface area contributed by atoms with Crippen LogP contribution in [0.2, 0.25) is 10.0 Å². The second kappa shape index (κ2) is 7.38. The van der Waals surface area contributed by atoms with E-state index in [1.165, 1.54) is 4.68 Å². The summed E-state index contributed by atoms with van der Waals surface area (Å²) >= 11 is 12.4. The van der Waals surface area contributed by atoms with Crippen LogP contribution in [0.5, 0.6) is 0 Å². The zero-order chi connectivity index (χ0) is 20.6. The maximum absolute atomic E-state index is 12.7. The summed E-state index contributed by atoms with van der Waals surface area (Å²) in [6.07, 6.45) is -5.56. The van der Waals surface area contributed by atoms with E-state index in [4.69, 9.17) is 28.9 Å². The van der Waals surface area contributed by atoms with E-state index >= 15 is 0 Å². The first-order valence-corrected chi connectivity index (χ1v) is 8.77. The zero-order valence-corrected chi connectivity index (χ0v) is 16.0. The molecule has 0 spiro atoms. The lowest BCUT2D eigenvalue weighted by molar-refractivity contribution is -0.127. The molecule has 0 aliphatic carbocycles. The van der Waals surface area contributed by atoms with Gasteiger partial charge in [-0.3, -0.25) is 0 Å². The van der Waals surface area contributed by atoms with Crippen LogP contribution in [0.15, 0.2) is 36.4 Å². The summed E-state index contributed by atoms with van der Waals surface area (Å²) in [5.74, 6) is 0.104. The lowest BCUT2D eigenvalue weighted by Crippen LogP contribution is -2.12. The van der Waals surface area contributed by atoms with Crippen molar-refractivity contribution in [2.45, 2.75) is 19.5 Å². The van der Waals surface area contributed by atoms with Gasteiger partial charge in [-0.05, 0) is 30.2 Å². The average Bonchev–Trinajstić information content (AvgIpc) is 2.90. The topological polar surface area (TPSA) is 67.6 Å². The molecule has 0 aliphatic rings. The highest BCUT2D eigenvalue weighted by atomic mass is 35.5. The van der Waals surface area contributed by atoms with E-state index in [1.807, 2.05) is 25.1 Å². The minimum absolute atomic E-state index is 0.0489. The Kier molecular flexibility index (Phi) is 5.28. The van der Waals surface area contributed by atoms with Crippen LogP contribution in [0.3, 0.4) is 0 Å². The lowest BCUT2D eigenvalue weighted by atomic mass is 10.0. The summed E-state index contributed by atoms with van der Waals surface area (Å²) in [6, 6.07) is 11.6. The van der Waals surface area contributed by atoms with Crippen LogP contribution >= 0.6 is 23.2 Å². The second-order valence-corrected chi connectivity index (χ2v) is 7.01. The number of benzene rings is 2. The molecule has 1 aromatic heterocycles. The molecule has 28 heavy (non-hydrogen) atoms. The molecule has 0 saturated carbocycles. The van der Waals surface area contributed by atoms with Crippen LogP contribution in [0, 0.1) is 18.3 Å². The minimum Gasteiger partial charge on any atom is -0.383 e. The number of alkyl halides is 3. The highest BCUT2D eigenvalue weighted by Gasteiger charge is 2.29. The summed E-state index contributed by atoms with van der Waals surface area (Å²) in [4.78, 5) is 0. The van der Waals surface area contributed by atoms with Crippen molar-refractivity contribution in [2.24, 2.45) is 0 Å². The van der Waals surface area contributed by atoms with Gasteiger partial charge in [0.25, 0.3) is 0 Å². The molecule has 0 fully saturated rings. The van der Waals surface area contributed by atoms with E-state index in [0.717, 1.165) is 17.7 Å². The number of halogens is 5. The summed E-state index contributed by atoms with van der Waals surface area (Å²) < 4.78 is 39.1. The van der Waals surface area contributed by atoms with Gasteiger partial charge in [-0.1, -0.05) is 53.0 Å². The van der Waals surface area contributed by atoms with Crippen molar-refractivity contribution in [3.8, 4) is 22.9 Å². The molecule has 1 heterocycles. The molecule has 3 aromatic rings. The Labute approximate surface area is 168 Å². The Morgan fingerprint density at radius 1 is 1.14 bits per heavy atom. The highest BCUT2D eigenvalue weighted by Crippen LogP contribution is 2.37. The van der Waals surface area contributed by atoms with Gasteiger partial charge in [0.05, 0.1) is 22.0 Å². The number of aryl methyl sites for hydroxylation is 1. The monoisotopic (exact) mass is 424 g/mol. The van der Waals surface area contributed by atoms with Crippen LogP contribution in [-0.4, -0.2) is 16.0 Å². The Bertz CT molecular complexity index is 1060. The third-order valence-electron chi connectivity index (χ3n) is 4.06. The van der Waals surface area contributed by atoms with Crippen LogP contribution in [0.4, 0.5) is 19.0 Å². The number of nitrogens with zero attached hydrogens (tertiary/aromatic N) is 3. The maximum Gasteiger partial charge on any atom is 0.393 e. The van der Waals surface area contributed by atoms with Gasteiger partial charge >= 0.3 is 6.18 Å². The fourth-order valence-electron chi connectivity index (χ4n) is 2.84. The van der Waals surface area contributed by atoms with Crippen molar-refractivity contribution in [1.82, 2.24) is 9.78 Å². The van der Waals surface area contributed by atoms with Gasteiger partial charge in [0.15, 0.2) is 5.69 Å². The third kappa shape index (κ3) is 3.93. The molecule has 9 heteroatoms. The molecule has 0 unspecified atom stereocenters. The van der Waals surface area contributed by atoms with Gasteiger partial charge < -0.3 is 5.73 Å². The number of aromatic nitrogens is 2. The number of anilines is 1. The molecular weight excluding hydrogens is 412 g/mol. The number of rotatable bonds is 3. The minimum atomic E-state index is -4.40. The van der Waals surface area contributed by atoms with Gasteiger partial charge in [0.2, 0.25) is 0 Å². The van der Waals surface area contributed by atoms with Crippen LogP contribution in [0.25, 0.3) is 16.8 Å². The Morgan fingerprint density at radius 2 is 1.71 bits per heavy atom. The molecule has 0 bridgehead atoms. The van der Waals surface area contributed by atoms with E-state index in [0.29, 0.717) is 11.1 Å². The Morgan fingerprint density at radius 3 is 2.21 bits per heavy atom. The number of nitriles is 1. The molecule has 0 amide bonds. The summed E-state index contributed by atoms with van der Waals surface area (Å²) in [6.45, 7) is 1.92. The lowest BCUT2D eigenvalue weighted by Gasteiger charge is -2.13. The van der Waals surface area contributed by atoms with E-state index in [2.05, 4.69) is 5.10 Å². The average molecular weight is 425 g/mol. The first-order chi connectivity index (χ1) is 13.1. The highest BCUT2D eigenvalue weighted by molar-refractivity contribution is 6.38.